The lowest BCUT2D eigenvalue weighted by atomic mass is 9.46. The highest BCUT2D eigenvalue weighted by atomic mass is 32.1. The Kier molecular flexibility index (Phi) is 9.78. The number of furan rings is 1. The first kappa shape index (κ1) is 46.7. The van der Waals surface area contributed by atoms with Crippen LogP contribution in [0.2, 0.25) is 0 Å². The van der Waals surface area contributed by atoms with Crippen molar-refractivity contribution in [3.8, 4) is 22.3 Å². The van der Waals surface area contributed by atoms with Gasteiger partial charge in [0, 0.05) is 48.1 Å². The summed E-state index contributed by atoms with van der Waals surface area (Å²) in [7, 11) is 0. The zero-order chi connectivity index (χ0) is 51.1. The molecule has 2 aromatic heterocycles. The van der Waals surface area contributed by atoms with Crippen LogP contribution in [0.5, 0.6) is 0 Å². The van der Waals surface area contributed by atoms with E-state index in [1.54, 1.807) is 0 Å². The molecule has 3 nitrogen and oxygen atoms in total. The van der Waals surface area contributed by atoms with Gasteiger partial charge in [-0.25, -0.2) is 0 Å². The maximum absolute atomic E-state index is 7.41. The average molecular weight is 975 g/mol. The molecule has 0 saturated carbocycles. The molecular formula is C68H71BN2OS. The number of hydrogen-bond acceptors (Lipinski definition) is 4. The van der Waals surface area contributed by atoms with Gasteiger partial charge in [-0.1, -0.05) is 170 Å². The molecule has 0 amide bonds. The Morgan fingerprint density at radius 1 is 0.493 bits per heavy atom. The molecule has 7 aromatic carbocycles. The SMILES string of the molecule is CC(C)(C)c1ccc(N2c3c(sc4cc5c(cc34)C(C)(C)CCC5(C)C)B3c4c(cc5c(oc6ccccc65)c42)-c2ccc(C(C)(C)C)cc2N3c2ccc3c(c2)C(C)(C)CCC3(C)C)c(-c2ccccc2)c1. The molecule has 9 aromatic rings. The maximum Gasteiger partial charge on any atom is 0.343 e. The summed E-state index contributed by atoms with van der Waals surface area (Å²) in [5.74, 6) is 0. The molecule has 0 saturated heterocycles. The van der Waals surface area contributed by atoms with Crippen molar-refractivity contribution in [2.45, 2.75) is 155 Å². The smallest absolute Gasteiger partial charge is 0.343 e. The highest BCUT2D eigenvalue weighted by Gasteiger charge is 2.50. The van der Waals surface area contributed by atoms with E-state index >= 15 is 0 Å². The molecule has 0 bridgehead atoms. The molecule has 0 N–H and O–H groups in total. The van der Waals surface area contributed by atoms with Crippen LogP contribution in [-0.2, 0) is 32.5 Å². The zero-order valence-electron chi connectivity index (χ0n) is 45.7. The third-order valence-corrected chi connectivity index (χ3v) is 19.5. The molecule has 368 valence electrons. The van der Waals surface area contributed by atoms with Crippen molar-refractivity contribution in [2.75, 3.05) is 9.71 Å². The second kappa shape index (κ2) is 15.3. The molecule has 4 heterocycles. The largest absolute Gasteiger partial charge is 0.454 e. The van der Waals surface area contributed by atoms with Crippen LogP contribution < -0.4 is 20.0 Å². The van der Waals surface area contributed by atoms with Crippen LogP contribution in [0.3, 0.4) is 0 Å². The lowest BCUT2D eigenvalue weighted by molar-refractivity contribution is 0.332. The minimum atomic E-state index is -0.154. The minimum absolute atomic E-state index is 0.0247. The Morgan fingerprint density at radius 2 is 1.10 bits per heavy atom. The van der Waals surface area contributed by atoms with E-state index in [1.165, 1.54) is 112 Å². The minimum Gasteiger partial charge on any atom is -0.454 e. The van der Waals surface area contributed by atoms with Crippen molar-refractivity contribution >= 4 is 88.9 Å². The summed E-state index contributed by atoms with van der Waals surface area (Å²) in [4.78, 5) is 5.48. The number of fused-ring (bicyclic) bond motifs is 12. The van der Waals surface area contributed by atoms with Gasteiger partial charge in [-0.2, -0.15) is 0 Å². The van der Waals surface area contributed by atoms with Gasteiger partial charge in [-0.15, -0.1) is 11.3 Å². The van der Waals surface area contributed by atoms with Gasteiger partial charge in [0.05, 0.1) is 17.1 Å². The lowest BCUT2D eigenvalue weighted by Crippen LogP contribution is -2.60. The van der Waals surface area contributed by atoms with E-state index in [-0.39, 0.29) is 39.3 Å². The van der Waals surface area contributed by atoms with Crippen LogP contribution in [-0.4, -0.2) is 6.85 Å². The van der Waals surface area contributed by atoms with Crippen LogP contribution in [0.4, 0.5) is 28.4 Å². The van der Waals surface area contributed by atoms with E-state index in [0.29, 0.717) is 0 Å². The number of thiophene rings is 1. The summed E-state index contributed by atoms with van der Waals surface area (Å²) in [6.45, 7) is 33.7. The molecule has 73 heavy (non-hydrogen) atoms. The molecule has 5 heteroatoms. The Balaban J connectivity index is 1.24. The fourth-order valence-corrected chi connectivity index (χ4v) is 14.8. The third-order valence-electron chi connectivity index (χ3n) is 18.3. The van der Waals surface area contributed by atoms with E-state index in [2.05, 4.69) is 234 Å². The predicted octanol–water partition coefficient (Wildman–Crippen LogP) is 18.5. The van der Waals surface area contributed by atoms with Gasteiger partial charge in [-0.05, 0) is 163 Å². The highest BCUT2D eigenvalue weighted by molar-refractivity contribution is 7.32. The van der Waals surface area contributed by atoms with Gasteiger partial charge < -0.3 is 14.1 Å². The fourth-order valence-electron chi connectivity index (χ4n) is 13.5. The number of benzene rings is 7. The van der Waals surface area contributed by atoms with Gasteiger partial charge >= 0.3 is 6.85 Å². The lowest BCUT2D eigenvalue weighted by Gasteiger charge is -2.46. The molecule has 0 unspecified atom stereocenters. The van der Waals surface area contributed by atoms with Crippen LogP contribution in [0.15, 0.2) is 132 Å². The van der Waals surface area contributed by atoms with Crippen molar-refractivity contribution in [3.05, 3.63) is 161 Å². The Hall–Kier alpha value is -6.04. The summed E-state index contributed by atoms with van der Waals surface area (Å²) < 4.78 is 10.1. The predicted molar refractivity (Wildman–Crippen MR) is 316 cm³/mol. The fraction of sp³-hybridized carbons (Fsp3) is 0.353. The van der Waals surface area contributed by atoms with Gasteiger partial charge in [0.1, 0.15) is 5.58 Å². The number of para-hydroxylation sites is 1. The standard InChI is InChI=1S/C68H71BN2OS/c1-63(2,3)41-25-29-54(46(34-41)40-20-16-15-17-21-40)70-59-49-38-52-53(68(13,14)33-32-67(52,11)12)39-57(49)73-62(59)69-58-47(37-48-45-22-18-19-23-56(45)72-61(48)60(58)70)44-27-24-42(64(4,5)6)35-55(44)71(69)43-26-28-50-51(36-43)66(9,10)31-30-65(50,7)8/h15-29,34-39H,30-33H2,1-14H3. The van der Waals surface area contributed by atoms with Crippen molar-refractivity contribution < 1.29 is 4.42 Å². The quantitative estimate of drug-likeness (QED) is 0.165. The van der Waals surface area contributed by atoms with Crippen LogP contribution in [0, 0.1) is 0 Å². The molecule has 2 aliphatic carbocycles. The van der Waals surface area contributed by atoms with E-state index in [0.717, 1.165) is 40.5 Å². The van der Waals surface area contributed by atoms with Crippen LogP contribution in [0.1, 0.15) is 156 Å². The summed E-state index contributed by atoms with van der Waals surface area (Å²) in [6.07, 6.45) is 4.67. The van der Waals surface area contributed by atoms with Gasteiger partial charge in [-0.3, -0.25) is 0 Å². The first-order valence-corrected chi connectivity index (χ1v) is 27.9. The van der Waals surface area contributed by atoms with Crippen molar-refractivity contribution in [3.63, 3.8) is 0 Å². The maximum atomic E-state index is 7.41. The van der Waals surface area contributed by atoms with Crippen LogP contribution in [0.25, 0.3) is 54.3 Å². The summed E-state index contributed by atoms with van der Waals surface area (Å²) >= 11 is 2.03. The zero-order valence-corrected chi connectivity index (χ0v) is 46.6. The molecule has 13 rings (SSSR count). The number of anilines is 5. The Labute approximate surface area is 438 Å². The second-order valence-electron chi connectivity index (χ2n) is 27.1. The third kappa shape index (κ3) is 6.89. The van der Waals surface area contributed by atoms with E-state index in [4.69, 9.17) is 4.42 Å². The average Bonchev–Trinajstić information content (AvgIpc) is 3.94. The molecule has 2 aliphatic heterocycles. The molecule has 0 spiro atoms. The van der Waals surface area contributed by atoms with Crippen LogP contribution >= 0.6 is 11.3 Å². The molecule has 4 aliphatic rings. The number of rotatable bonds is 3. The Bertz CT molecular complexity index is 3790. The van der Waals surface area contributed by atoms with E-state index < -0.39 is 0 Å². The van der Waals surface area contributed by atoms with Crippen molar-refractivity contribution in [1.82, 2.24) is 0 Å². The van der Waals surface area contributed by atoms with Gasteiger partial charge in [0.15, 0.2) is 5.58 Å². The summed E-state index contributed by atoms with van der Waals surface area (Å²) in [5.41, 5.74) is 23.0. The summed E-state index contributed by atoms with van der Waals surface area (Å²) in [5, 5.41) is 3.63. The molecule has 0 atom stereocenters. The summed E-state index contributed by atoms with van der Waals surface area (Å²) in [6, 6.07) is 49.9. The molecule has 0 fully saturated rings. The monoisotopic (exact) mass is 975 g/mol. The number of nitrogens with zero attached hydrogens (tertiary/aromatic N) is 2. The first-order chi connectivity index (χ1) is 34.4. The normalized spacial score (nSPS) is 18.1. The molecule has 0 radical (unpaired) electrons. The molecular weight excluding hydrogens is 904 g/mol. The topological polar surface area (TPSA) is 19.6 Å². The number of hydrogen-bond donors (Lipinski definition) is 0. The van der Waals surface area contributed by atoms with E-state index in [1.807, 2.05) is 11.3 Å². The Morgan fingerprint density at radius 3 is 1.78 bits per heavy atom. The van der Waals surface area contributed by atoms with E-state index in [9.17, 15) is 0 Å². The van der Waals surface area contributed by atoms with Gasteiger partial charge in [0.2, 0.25) is 0 Å². The van der Waals surface area contributed by atoms with Crippen molar-refractivity contribution in [1.29, 1.82) is 0 Å². The second-order valence-corrected chi connectivity index (χ2v) is 28.2. The highest BCUT2D eigenvalue weighted by Crippen LogP contribution is 2.57. The van der Waals surface area contributed by atoms with Crippen molar-refractivity contribution in [2.24, 2.45) is 0 Å². The van der Waals surface area contributed by atoms with Gasteiger partial charge in [0.25, 0.3) is 0 Å². The first-order valence-electron chi connectivity index (χ1n) is 27.1.